The molecule has 0 atom stereocenters. The Labute approximate surface area is 122 Å². The second-order valence-electron chi connectivity index (χ2n) is 3.81. The van der Waals surface area contributed by atoms with Crippen molar-refractivity contribution in [3.63, 3.8) is 0 Å². The van der Waals surface area contributed by atoms with Crippen molar-refractivity contribution in [2.75, 3.05) is 5.73 Å². The molecular formula is C12H9FN4OS2. The molecule has 0 aliphatic carbocycles. The van der Waals surface area contributed by atoms with E-state index in [9.17, 15) is 4.39 Å². The highest BCUT2D eigenvalue weighted by Gasteiger charge is 2.10. The second kappa shape index (κ2) is 5.59. The van der Waals surface area contributed by atoms with Gasteiger partial charge in [-0.05, 0) is 24.3 Å². The number of nitrogens with two attached hydrogens (primary N) is 1. The van der Waals surface area contributed by atoms with Crippen LogP contribution in [-0.2, 0) is 5.75 Å². The van der Waals surface area contributed by atoms with Crippen molar-refractivity contribution < 1.29 is 8.81 Å². The van der Waals surface area contributed by atoms with E-state index in [1.807, 2.05) is 0 Å². The topological polar surface area (TPSA) is 77.8 Å². The number of thiazole rings is 1. The number of thioether (sulfide) groups is 1. The molecule has 0 amide bonds. The van der Waals surface area contributed by atoms with Gasteiger partial charge in [0, 0.05) is 5.56 Å². The molecule has 0 spiro atoms. The molecule has 0 aliphatic heterocycles. The van der Waals surface area contributed by atoms with Crippen LogP contribution in [0.2, 0.25) is 0 Å². The number of benzene rings is 1. The molecule has 0 saturated heterocycles. The maximum atomic E-state index is 12.8. The largest absolute Gasteiger partial charge is 0.420 e. The van der Waals surface area contributed by atoms with E-state index in [1.54, 1.807) is 18.3 Å². The third kappa shape index (κ3) is 2.97. The molecule has 2 heterocycles. The predicted molar refractivity (Wildman–Crippen MR) is 75.8 cm³/mol. The summed E-state index contributed by atoms with van der Waals surface area (Å²) in [5.41, 5.74) is 6.24. The zero-order chi connectivity index (χ0) is 13.9. The summed E-state index contributed by atoms with van der Waals surface area (Å²) in [7, 11) is 0. The number of nitrogen functional groups attached to an aromatic ring is 1. The van der Waals surface area contributed by atoms with Crippen LogP contribution in [0.15, 0.2) is 39.1 Å². The fourth-order valence-electron chi connectivity index (χ4n) is 1.49. The summed E-state index contributed by atoms with van der Waals surface area (Å²) in [5.74, 6) is 1.12. The van der Waals surface area contributed by atoms with Crippen molar-refractivity contribution >= 4 is 28.2 Å². The van der Waals surface area contributed by atoms with Crippen LogP contribution in [0.25, 0.3) is 11.5 Å². The number of anilines is 1. The van der Waals surface area contributed by atoms with Crippen molar-refractivity contribution in [3.05, 3.63) is 42.2 Å². The van der Waals surface area contributed by atoms with Gasteiger partial charge < -0.3 is 10.2 Å². The van der Waals surface area contributed by atoms with Gasteiger partial charge in [0.15, 0.2) is 5.13 Å². The Bertz CT molecular complexity index is 710. The smallest absolute Gasteiger partial charge is 0.247 e. The molecule has 0 aliphatic rings. The van der Waals surface area contributed by atoms with Crippen molar-refractivity contribution in [3.8, 4) is 11.5 Å². The van der Waals surface area contributed by atoms with Crippen LogP contribution < -0.4 is 5.73 Å². The average molecular weight is 308 g/mol. The van der Waals surface area contributed by atoms with Crippen molar-refractivity contribution in [2.24, 2.45) is 0 Å². The summed E-state index contributed by atoms with van der Waals surface area (Å²) in [5, 5.41) is 8.44. The van der Waals surface area contributed by atoms with E-state index in [1.165, 1.54) is 35.2 Å². The van der Waals surface area contributed by atoms with Crippen LogP contribution in [0.4, 0.5) is 9.52 Å². The molecule has 0 unspecified atom stereocenters. The lowest BCUT2D eigenvalue weighted by Gasteiger charge is -1.94. The number of rotatable bonds is 4. The highest BCUT2D eigenvalue weighted by Crippen LogP contribution is 2.29. The van der Waals surface area contributed by atoms with Crippen molar-refractivity contribution in [1.82, 2.24) is 15.2 Å². The lowest BCUT2D eigenvalue weighted by atomic mass is 10.2. The highest BCUT2D eigenvalue weighted by molar-refractivity contribution is 8.00. The number of halogens is 1. The van der Waals surface area contributed by atoms with Crippen LogP contribution in [0.3, 0.4) is 0 Å². The van der Waals surface area contributed by atoms with Gasteiger partial charge in [-0.2, -0.15) is 0 Å². The Hall–Kier alpha value is -1.93. The van der Waals surface area contributed by atoms with Crippen molar-refractivity contribution in [2.45, 2.75) is 9.96 Å². The maximum Gasteiger partial charge on any atom is 0.247 e. The van der Waals surface area contributed by atoms with Crippen LogP contribution in [0, 0.1) is 5.82 Å². The van der Waals surface area contributed by atoms with Crippen molar-refractivity contribution in [1.29, 1.82) is 0 Å². The Balaban J connectivity index is 1.69. The summed E-state index contributed by atoms with van der Waals surface area (Å²) < 4.78 is 19.3. The zero-order valence-corrected chi connectivity index (χ0v) is 11.7. The molecule has 8 heteroatoms. The number of nitrogens with zero attached hydrogens (tertiary/aromatic N) is 3. The molecule has 0 fully saturated rings. The third-order valence-electron chi connectivity index (χ3n) is 2.40. The van der Waals surface area contributed by atoms with Crippen LogP contribution in [-0.4, -0.2) is 15.2 Å². The summed E-state index contributed by atoms with van der Waals surface area (Å²) in [6, 6.07) is 5.91. The van der Waals surface area contributed by atoms with Gasteiger partial charge >= 0.3 is 0 Å². The average Bonchev–Trinajstić information content (AvgIpc) is 3.06. The Kier molecular flexibility index (Phi) is 3.66. The number of aromatic nitrogens is 3. The Morgan fingerprint density at radius 1 is 1.25 bits per heavy atom. The normalized spacial score (nSPS) is 10.8. The third-order valence-corrected chi connectivity index (χ3v) is 4.40. The van der Waals surface area contributed by atoms with E-state index in [-0.39, 0.29) is 5.82 Å². The van der Waals surface area contributed by atoms with Gasteiger partial charge in [-0.1, -0.05) is 11.3 Å². The standard InChI is InChI=1S/C12H9FN4OS2/c13-8-3-1-7(2-4-8)11-17-16-9(18-11)6-19-10-5-15-12(14)20-10/h1-5H,6H2,(H2,14,15). The Morgan fingerprint density at radius 3 is 2.75 bits per heavy atom. The molecule has 1 aromatic carbocycles. The minimum atomic E-state index is -0.299. The van der Waals surface area contributed by atoms with Crippen LogP contribution >= 0.6 is 23.1 Å². The molecule has 2 N–H and O–H groups in total. The van der Waals surface area contributed by atoms with Gasteiger partial charge in [0.2, 0.25) is 11.8 Å². The van der Waals surface area contributed by atoms with E-state index >= 15 is 0 Å². The van der Waals surface area contributed by atoms with Gasteiger partial charge in [-0.15, -0.1) is 22.0 Å². The van der Waals surface area contributed by atoms with Gasteiger partial charge in [0.05, 0.1) is 16.2 Å². The summed E-state index contributed by atoms with van der Waals surface area (Å²) in [6.07, 6.45) is 1.71. The fourth-order valence-corrected chi connectivity index (χ4v) is 3.09. The second-order valence-corrected chi connectivity index (χ2v) is 6.15. The lowest BCUT2D eigenvalue weighted by molar-refractivity contribution is 0.528. The van der Waals surface area contributed by atoms with Gasteiger partial charge in [0.25, 0.3) is 0 Å². The summed E-state index contributed by atoms with van der Waals surface area (Å²) in [6.45, 7) is 0. The molecule has 5 nitrogen and oxygen atoms in total. The first-order valence-electron chi connectivity index (χ1n) is 5.63. The lowest BCUT2D eigenvalue weighted by Crippen LogP contribution is -1.78. The minimum absolute atomic E-state index is 0.299. The molecule has 102 valence electrons. The molecular weight excluding hydrogens is 299 g/mol. The van der Waals surface area contributed by atoms with Gasteiger partial charge in [-0.25, -0.2) is 9.37 Å². The zero-order valence-electron chi connectivity index (χ0n) is 10.1. The Morgan fingerprint density at radius 2 is 2.05 bits per heavy atom. The molecule has 3 aromatic rings. The molecule has 0 radical (unpaired) electrons. The number of hydrogen-bond donors (Lipinski definition) is 1. The SMILES string of the molecule is Nc1ncc(SCc2nnc(-c3ccc(F)cc3)o2)s1. The number of hydrogen-bond acceptors (Lipinski definition) is 7. The quantitative estimate of drug-likeness (QED) is 0.746. The molecule has 3 rings (SSSR count). The van der Waals surface area contributed by atoms with E-state index in [0.29, 0.717) is 28.2 Å². The van der Waals surface area contributed by atoms with Gasteiger partial charge in [0.1, 0.15) is 5.82 Å². The summed E-state index contributed by atoms with van der Waals surface area (Å²) in [4.78, 5) is 3.96. The predicted octanol–water partition coefficient (Wildman–Crippen LogP) is 3.21. The van der Waals surface area contributed by atoms with E-state index in [2.05, 4.69) is 15.2 Å². The molecule has 2 aromatic heterocycles. The highest BCUT2D eigenvalue weighted by atomic mass is 32.2. The first kappa shape index (κ1) is 13.1. The molecule has 0 bridgehead atoms. The first-order chi connectivity index (χ1) is 9.70. The molecule has 0 saturated carbocycles. The fraction of sp³-hybridized carbons (Fsp3) is 0.0833. The first-order valence-corrected chi connectivity index (χ1v) is 7.43. The minimum Gasteiger partial charge on any atom is -0.420 e. The molecule has 20 heavy (non-hydrogen) atoms. The monoisotopic (exact) mass is 308 g/mol. The van der Waals surface area contributed by atoms with Crippen LogP contribution in [0.5, 0.6) is 0 Å². The summed E-state index contributed by atoms with van der Waals surface area (Å²) >= 11 is 2.93. The van der Waals surface area contributed by atoms with E-state index in [0.717, 1.165) is 4.21 Å². The van der Waals surface area contributed by atoms with Crippen LogP contribution in [0.1, 0.15) is 5.89 Å². The maximum absolute atomic E-state index is 12.8. The van der Waals surface area contributed by atoms with E-state index < -0.39 is 0 Å². The van der Waals surface area contributed by atoms with E-state index in [4.69, 9.17) is 10.2 Å². The van der Waals surface area contributed by atoms with Gasteiger partial charge in [-0.3, -0.25) is 0 Å².